The molecule has 0 fully saturated rings. The summed E-state index contributed by atoms with van der Waals surface area (Å²) < 4.78 is 2.03. The number of aromatic nitrogens is 1. The maximum atomic E-state index is 10.6. The molecule has 18 heavy (non-hydrogen) atoms. The second-order valence-corrected chi connectivity index (χ2v) is 4.45. The van der Waals surface area contributed by atoms with Gasteiger partial charge in [-0.1, -0.05) is 13.0 Å². The van der Waals surface area contributed by atoms with Gasteiger partial charge in [0.2, 0.25) is 0 Å². The fraction of sp³-hybridized carbons (Fsp3) is 0.267. The Bertz CT molecular complexity index is 635. The molecule has 0 aliphatic heterocycles. The van der Waals surface area contributed by atoms with Gasteiger partial charge in [0, 0.05) is 29.7 Å². The van der Waals surface area contributed by atoms with Gasteiger partial charge in [0.1, 0.15) is 0 Å². The van der Waals surface area contributed by atoms with Gasteiger partial charge in [0.25, 0.3) is 0 Å². The molecule has 0 atom stereocenters. The number of hydrogen-bond acceptors (Lipinski definition) is 1. The molecule has 94 valence electrons. The van der Waals surface area contributed by atoms with E-state index in [1.165, 1.54) is 17.0 Å². The van der Waals surface area contributed by atoms with Gasteiger partial charge in [0.05, 0.1) is 0 Å². The van der Waals surface area contributed by atoms with Crippen LogP contribution in [-0.4, -0.2) is 15.6 Å². The summed E-state index contributed by atoms with van der Waals surface area (Å²) in [5.41, 5.74) is 4.50. The lowest BCUT2D eigenvalue weighted by atomic mass is 10.1. The lowest BCUT2D eigenvalue weighted by Crippen LogP contribution is -1.93. The van der Waals surface area contributed by atoms with Crippen molar-refractivity contribution in [1.29, 1.82) is 0 Å². The Morgan fingerprint density at radius 1 is 1.44 bits per heavy atom. The zero-order valence-electron chi connectivity index (χ0n) is 10.9. The number of carboxylic acids is 1. The van der Waals surface area contributed by atoms with Crippen LogP contribution in [0, 0.1) is 6.92 Å². The topological polar surface area (TPSA) is 42.2 Å². The fourth-order valence-corrected chi connectivity index (χ4v) is 2.30. The molecular weight excluding hydrogens is 226 g/mol. The molecule has 0 spiro atoms. The van der Waals surface area contributed by atoms with Crippen LogP contribution in [0.25, 0.3) is 17.0 Å². The van der Waals surface area contributed by atoms with Gasteiger partial charge in [-0.15, -0.1) is 0 Å². The van der Waals surface area contributed by atoms with Crippen molar-refractivity contribution in [2.24, 2.45) is 7.05 Å². The minimum Gasteiger partial charge on any atom is -0.478 e. The number of carboxylic acid groups (broad SMARTS) is 1. The first-order valence-electron chi connectivity index (χ1n) is 6.03. The largest absolute Gasteiger partial charge is 0.478 e. The van der Waals surface area contributed by atoms with E-state index < -0.39 is 5.97 Å². The van der Waals surface area contributed by atoms with Crippen LogP contribution in [0.1, 0.15) is 23.7 Å². The predicted molar refractivity (Wildman–Crippen MR) is 73.7 cm³/mol. The predicted octanol–water partition coefficient (Wildman–Crippen LogP) is 3.15. The zero-order chi connectivity index (χ0) is 13.3. The normalized spacial score (nSPS) is 11.5. The van der Waals surface area contributed by atoms with Crippen molar-refractivity contribution in [3.05, 3.63) is 41.1 Å². The molecule has 0 aliphatic rings. The molecule has 0 bridgehead atoms. The Morgan fingerprint density at radius 3 is 2.78 bits per heavy atom. The van der Waals surface area contributed by atoms with E-state index in [2.05, 4.69) is 25.1 Å². The molecule has 0 unspecified atom stereocenters. The highest BCUT2D eigenvalue weighted by molar-refractivity contribution is 5.91. The number of fused-ring (bicyclic) bond motifs is 1. The molecule has 3 heteroatoms. The van der Waals surface area contributed by atoms with Gasteiger partial charge in [0.15, 0.2) is 0 Å². The number of nitrogens with zero attached hydrogens (tertiary/aromatic N) is 1. The van der Waals surface area contributed by atoms with Crippen LogP contribution in [-0.2, 0) is 18.3 Å². The van der Waals surface area contributed by atoms with E-state index in [-0.39, 0.29) is 0 Å². The van der Waals surface area contributed by atoms with Crippen molar-refractivity contribution in [1.82, 2.24) is 4.57 Å². The highest BCUT2D eigenvalue weighted by Gasteiger charge is 2.09. The van der Waals surface area contributed by atoms with E-state index in [9.17, 15) is 4.79 Å². The molecular formula is C15H17NO2. The third-order valence-electron chi connectivity index (χ3n) is 3.36. The summed E-state index contributed by atoms with van der Waals surface area (Å²) in [5, 5.41) is 9.91. The van der Waals surface area contributed by atoms with Crippen molar-refractivity contribution < 1.29 is 9.90 Å². The fourth-order valence-electron chi connectivity index (χ4n) is 2.30. The summed E-state index contributed by atoms with van der Waals surface area (Å²) in [6.45, 7) is 4.16. The summed E-state index contributed by atoms with van der Waals surface area (Å²) in [7, 11) is 1.96. The molecule has 0 saturated heterocycles. The van der Waals surface area contributed by atoms with Gasteiger partial charge >= 0.3 is 5.97 Å². The number of hydrogen-bond donors (Lipinski definition) is 1. The van der Waals surface area contributed by atoms with Crippen LogP contribution in [0.4, 0.5) is 0 Å². The molecule has 1 N–H and O–H groups in total. The van der Waals surface area contributed by atoms with Gasteiger partial charge in [-0.25, -0.2) is 4.79 Å². The van der Waals surface area contributed by atoms with Gasteiger partial charge in [-0.3, -0.25) is 0 Å². The quantitative estimate of drug-likeness (QED) is 0.841. The Morgan fingerprint density at radius 2 is 2.17 bits per heavy atom. The van der Waals surface area contributed by atoms with Crippen LogP contribution in [0.2, 0.25) is 0 Å². The van der Waals surface area contributed by atoms with Gasteiger partial charge in [-0.05, 0) is 42.7 Å². The highest BCUT2D eigenvalue weighted by atomic mass is 16.4. The van der Waals surface area contributed by atoms with E-state index in [4.69, 9.17) is 5.11 Å². The van der Waals surface area contributed by atoms with Gasteiger partial charge < -0.3 is 9.67 Å². The number of benzene rings is 1. The molecule has 0 saturated carbocycles. The summed E-state index contributed by atoms with van der Waals surface area (Å²) in [6.07, 6.45) is 3.84. The highest BCUT2D eigenvalue weighted by Crippen LogP contribution is 2.26. The first-order valence-corrected chi connectivity index (χ1v) is 6.03. The number of carbonyl (C=O) groups is 1. The van der Waals surface area contributed by atoms with E-state index in [1.807, 2.05) is 18.5 Å². The van der Waals surface area contributed by atoms with E-state index >= 15 is 0 Å². The van der Waals surface area contributed by atoms with Crippen LogP contribution >= 0.6 is 0 Å². The van der Waals surface area contributed by atoms with Crippen molar-refractivity contribution >= 4 is 22.9 Å². The van der Waals surface area contributed by atoms with Crippen LogP contribution in [0.15, 0.2) is 24.3 Å². The van der Waals surface area contributed by atoms with Crippen molar-refractivity contribution in [2.75, 3.05) is 0 Å². The second kappa shape index (κ2) is 4.69. The van der Waals surface area contributed by atoms with Crippen LogP contribution in [0.3, 0.4) is 0 Å². The third kappa shape index (κ3) is 2.04. The van der Waals surface area contributed by atoms with Gasteiger partial charge in [-0.2, -0.15) is 0 Å². The number of aliphatic carboxylic acids is 1. The van der Waals surface area contributed by atoms with E-state index in [1.54, 1.807) is 6.08 Å². The molecule has 1 aromatic heterocycles. The molecule has 1 aromatic carbocycles. The van der Waals surface area contributed by atoms with Crippen molar-refractivity contribution in [3.8, 4) is 0 Å². The van der Waals surface area contributed by atoms with E-state index in [0.717, 1.165) is 23.2 Å². The lowest BCUT2D eigenvalue weighted by Gasteiger charge is -2.00. The van der Waals surface area contributed by atoms with Crippen LogP contribution < -0.4 is 0 Å². The Kier molecular flexibility index (Phi) is 3.24. The summed E-state index contributed by atoms with van der Waals surface area (Å²) in [5.74, 6) is -0.922. The van der Waals surface area contributed by atoms with Crippen molar-refractivity contribution in [2.45, 2.75) is 20.3 Å². The SMILES string of the molecule is CCc1ccc2c(c1)c(C)c(/C=C/C(=O)O)n2C. The molecule has 0 radical (unpaired) electrons. The summed E-state index contributed by atoms with van der Waals surface area (Å²) in [6, 6.07) is 6.40. The smallest absolute Gasteiger partial charge is 0.328 e. The lowest BCUT2D eigenvalue weighted by molar-refractivity contribution is -0.131. The minimum absolute atomic E-state index is 0.922. The molecule has 2 aromatic rings. The number of aryl methyl sites for hydroxylation is 3. The maximum absolute atomic E-state index is 10.6. The summed E-state index contributed by atoms with van der Waals surface area (Å²) >= 11 is 0. The zero-order valence-corrected chi connectivity index (χ0v) is 10.9. The first kappa shape index (κ1) is 12.4. The molecule has 0 amide bonds. The average molecular weight is 243 g/mol. The first-order chi connectivity index (χ1) is 8.54. The molecule has 0 aliphatic carbocycles. The van der Waals surface area contributed by atoms with Crippen LogP contribution in [0.5, 0.6) is 0 Å². The average Bonchev–Trinajstić information content (AvgIpc) is 2.59. The second-order valence-electron chi connectivity index (χ2n) is 4.45. The molecule has 1 heterocycles. The monoisotopic (exact) mass is 243 g/mol. The number of rotatable bonds is 3. The minimum atomic E-state index is -0.922. The van der Waals surface area contributed by atoms with E-state index in [0.29, 0.717) is 0 Å². The molecule has 3 nitrogen and oxygen atoms in total. The summed E-state index contributed by atoms with van der Waals surface area (Å²) in [4.78, 5) is 10.6. The maximum Gasteiger partial charge on any atom is 0.328 e. The third-order valence-corrected chi connectivity index (χ3v) is 3.36. The standard InChI is InChI=1S/C15H17NO2/c1-4-11-5-6-14-12(9-11)10(2)13(16(14)3)7-8-15(17)18/h5-9H,4H2,1-3H3,(H,17,18)/b8-7+. The van der Waals surface area contributed by atoms with Crippen molar-refractivity contribution in [3.63, 3.8) is 0 Å². The Labute approximate surface area is 106 Å². The molecule has 2 rings (SSSR count). The Hall–Kier alpha value is -2.03. The Balaban J connectivity index is 2.65.